The molecule has 4 nitrogen and oxygen atoms in total. The topological polar surface area (TPSA) is 49.8 Å². The van der Waals surface area contributed by atoms with Crippen LogP contribution in [-0.2, 0) is 5.88 Å². The van der Waals surface area contributed by atoms with E-state index in [4.69, 9.17) is 21.4 Å². The first-order chi connectivity index (χ1) is 11.0. The van der Waals surface area contributed by atoms with Gasteiger partial charge in [0.1, 0.15) is 11.9 Å². The van der Waals surface area contributed by atoms with Crippen LogP contribution in [0, 0.1) is 6.92 Å². The number of hydrogen-bond acceptors (Lipinski definition) is 3. The van der Waals surface area contributed by atoms with Crippen LogP contribution >= 0.6 is 22.9 Å². The van der Waals surface area contributed by atoms with Gasteiger partial charge in [-0.05, 0) is 41.6 Å². The Morgan fingerprint density at radius 3 is 2.78 bits per heavy atom. The molecule has 1 aromatic carbocycles. The molecule has 0 aliphatic rings. The van der Waals surface area contributed by atoms with E-state index in [1.165, 1.54) is 4.90 Å². The molecule has 0 bridgehead atoms. The van der Waals surface area contributed by atoms with E-state index in [1.54, 1.807) is 18.4 Å². The molecule has 1 unspecified atom stereocenters. The number of nitrogens with zero attached hydrogens (tertiary/aromatic N) is 1. The molecular formula is C17H20ClNO3S. The maximum Gasteiger partial charge on any atom is 0.407 e. The van der Waals surface area contributed by atoms with Gasteiger partial charge in [0.05, 0.1) is 0 Å². The predicted molar refractivity (Wildman–Crippen MR) is 93.7 cm³/mol. The number of amides is 1. The minimum atomic E-state index is -0.933. The Morgan fingerprint density at radius 2 is 2.22 bits per heavy atom. The fourth-order valence-corrected chi connectivity index (χ4v) is 3.29. The Morgan fingerprint density at radius 1 is 1.43 bits per heavy atom. The number of ether oxygens (including phenoxy) is 1. The molecule has 0 radical (unpaired) electrons. The fourth-order valence-electron chi connectivity index (χ4n) is 2.20. The lowest BCUT2D eigenvalue weighted by molar-refractivity contribution is 0.141. The second kappa shape index (κ2) is 8.22. The second-order valence-corrected chi connectivity index (χ2v) is 6.58. The van der Waals surface area contributed by atoms with Gasteiger partial charge < -0.3 is 14.7 Å². The van der Waals surface area contributed by atoms with Gasteiger partial charge in [0, 0.05) is 30.8 Å². The summed E-state index contributed by atoms with van der Waals surface area (Å²) in [4.78, 5) is 13.3. The van der Waals surface area contributed by atoms with E-state index in [-0.39, 0.29) is 6.10 Å². The number of rotatable bonds is 7. The molecule has 1 N–H and O–H groups in total. The van der Waals surface area contributed by atoms with Crippen LogP contribution in [0.25, 0.3) is 0 Å². The summed E-state index contributed by atoms with van der Waals surface area (Å²) in [6, 6.07) is 9.83. The smallest absolute Gasteiger partial charge is 0.407 e. The first kappa shape index (κ1) is 17.6. The minimum Gasteiger partial charge on any atom is -0.485 e. The Hall–Kier alpha value is -1.72. The Kier molecular flexibility index (Phi) is 6.30. The highest BCUT2D eigenvalue weighted by molar-refractivity contribution is 7.10. The average molecular weight is 354 g/mol. The number of alkyl halides is 1. The standard InChI is InChI=1S/C17H20ClNO3S/c1-12-10-14(6-5-13(12)11-18)22-15(16-4-3-9-23-16)7-8-19(2)17(20)21/h3-6,9-10,15H,7-8,11H2,1-2H3,(H,20,21). The lowest BCUT2D eigenvalue weighted by Gasteiger charge is -2.21. The molecule has 0 spiro atoms. The second-order valence-electron chi connectivity index (χ2n) is 5.34. The van der Waals surface area contributed by atoms with E-state index < -0.39 is 6.09 Å². The van der Waals surface area contributed by atoms with Crippen molar-refractivity contribution in [2.45, 2.75) is 25.3 Å². The molecule has 0 fully saturated rings. The molecule has 0 aliphatic carbocycles. The fraction of sp³-hybridized carbons (Fsp3) is 0.353. The van der Waals surface area contributed by atoms with Crippen molar-refractivity contribution in [3.05, 3.63) is 51.7 Å². The van der Waals surface area contributed by atoms with E-state index in [9.17, 15) is 4.79 Å². The van der Waals surface area contributed by atoms with Gasteiger partial charge in [-0.1, -0.05) is 12.1 Å². The summed E-state index contributed by atoms with van der Waals surface area (Å²) in [7, 11) is 1.56. The number of halogens is 1. The number of carboxylic acid groups (broad SMARTS) is 1. The SMILES string of the molecule is Cc1cc(OC(CCN(C)C(=O)O)c2cccs2)ccc1CCl. The Balaban J connectivity index is 2.11. The first-order valence-electron chi connectivity index (χ1n) is 7.31. The largest absolute Gasteiger partial charge is 0.485 e. The van der Waals surface area contributed by atoms with E-state index in [0.29, 0.717) is 18.8 Å². The molecule has 2 aromatic rings. The summed E-state index contributed by atoms with van der Waals surface area (Å²) in [6.45, 7) is 2.42. The molecule has 6 heteroatoms. The van der Waals surface area contributed by atoms with Gasteiger partial charge in [-0.2, -0.15) is 0 Å². The van der Waals surface area contributed by atoms with Gasteiger partial charge in [0.2, 0.25) is 0 Å². The van der Waals surface area contributed by atoms with Gasteiger partial charge in [-0.25, -0.2) is 4.79 Å². The van der Waals surface area contributed by atoms with E-state index in [1.807, 2.05) is 42.6 Å². The first-order valence-corrected chi connectivity index (χ1v) is 8.72. The van der Waals surface area contributed by atoms with Crippen molar-refractivity contribution < 1.29 is 14.6 Å². The quantitative estimate of drug-likeness (QED) is 0.719. The summed E-state index contributed by atoms with van der Waals surface area (Å²) < 4.78 is 6.12. The average Bonchev–Trinajstić information content (AvgIpc) is 3.05. The highest BCUT2D eigenvalue weighted by Crippen LogP contribution is 2.29. The molecule has 2 rings (SSSR count). The van der Waals surface area contributed by atoms with Crippen molar-refractivity contribution >= 4 is 29.0 Å². The maximum absolute atomic E-state index is 10.9. The molecule has 23 heavy (non-hydrogen) atoms. The highest BCUT2D eigenvalue weighted by atomic mass is 35.5. The van der Waals surface area contributed by atoms with Crippen LogP contribution in [0.5, 0.6) is 5.75 Å². The van der Waals surface area contributed by atoms with Crippen molar-refractivity contribution in [2.24, 2.45) is 0 Å². The zero-order valence-corrected chi connectivity index (χ0v) is 14.7. The van der Waals surface area contributed by atoms with Crippen LogP contribution in [0.1, 0.15) is 28.5 Å². The Bertz CT molecular complexity index is 645. The molecule has 1 heterocycles. The number of benzene rings is 1. The van der Waals surface area contributed by atoms with Crippen molar-refractivity contribution in [2.75, 3.05) is 13.6 Å². The van der Waals surface area contributed by atoms with Crippen molar-refractivity contribution in [1.82, 2.24) is 4.90 Å². The van der Waals surface area contributed by atoms with Gasteiger partial charge in [-0.15, -0.1) is 22.9 Å². The highest BCUT2D eigenvalue weighted by Gasteiger charge is 2.17. The molecule has 124 valence electrons. The molecule has 0 saturated heterocycles. The van der Waals surface area contributed by atoms with E-state index in [2.05, 4.69) is 0 Å². The molecular weight excluding hydrogens is 334 g/mol. The van der Waals surface area contributed by atoms with Crippen LogP contribution in [0.4, 0.5) is 4.79 Å². The van der Waals surface area contributed by atoms with Gasteiger partial charge in [0.15, 0.2) is 0 Å². The normalized spacial score (nSPS) is 12.0. The Labute approximate surface area is 145 Å². The summed E-state index contributed by atoms with van der Waals surface area (Å²) in [5, 5.41) is 11.0. The number of aryl methyl sites for hydroxylation is 1. The van der Waals surface area contributed by atoms with Crippen LogP contribution in [0.3, 0.4) is 0 Å². The third-order valence-corrected chi connectivity index (χ3v) is 4.90. The zero-order chi connectivity index (χ0) is 16.8. The predicted octanol–water partition coefficient (Wildman–Crippen LogP) is 4.92. The minimum absolute atomic E-state index is 0.168. The molecule has 0 saturated carbocycles. The lowest BCUT2D eigenvalue weighted by atomic mass is 10.1. The van der Waals surface area contributed by atoms with Gasteiger partial charge in [0.25, 0.3) is 0 Å². The maximum atomic E-state index is 10.9. The monoisotopic (exact) mass is 353 g/mol. The third-order valence-electron chi connectivity index (χ3n) is 3.65. The molecule has 0 aliphatic heterocycles. The lowest BCUT2D eigenvalue weighted by Crippen LogP contribution is -2.27. The number of thiophene rings is 1. The van der Waals surface area contributed by atoms with Crippen LogP contribution < -0.4 is 4.74 Å². The van der Waals surface area contributed by atoms with Crippen LogP contribution in [0.15, 0.2) is 35.7 Å². The molecule has 1 aromatic heterocycles. The van der Waals surface area contributed by atoms with E-state index in [0.717, 1.165) is 21.8 Å². The van der Waals surface area contributed by atoms with Gasteiger partial charge in [-0.3, -0.25) is 0 Å². The van der Waals surface area contributed by atoms with Crippen molar-refractivity contribution in [3.8, 4) is 5.75 Å². The van der Waals surface area contributed by atoms with Gasteiger partial charge >= 0.3 is 6.09 Å². The summed E-state index contributed by atoms with van der Waals surface area (Å²) in [5.41, 5.74) is 2.17. The summed E-state index contributed by atoms with van der Waals surface area (Å²) in [6.07, 6.45) is -0.505. The van der Waals surface area contributed by atoms with Crippen LogP contribution in [0.2, 0.25) is 0 Å². The van der Waals surface area contributed by atoms with Crippen LogP contribution in [-0.4, -0.2) is 29.7 Å². The van der Waals surface area contributed by atoms with Crippen molar-refractivity contribution in [3.63, 3.8) is 0 Å². The van der Waals surface area contributed by atoms with Crippen molar-refractivity contribution in [1.29, 1.82) is 0 Å². The summed E-state index contributed by atoms with van der Waals surface area (Å²) >= 11 is 7.50. The molecule has 1 amide bonds. The zero-order valence-electron chi connectivity index (χ0n) is 13.2. The number of hydrogen-bond donors (Lipinski definition) is 1. The molecule has 1 atom stereocenters. The van der Waals surface area contributed by atoms with E-state index >= 15 is 0 Å². The third kappa shape index (κ3) is 4.88. The number of carbonyl (C=O) groups is 1. The summed E-state index contributed by atoms with van der Waals surface area (Å²) in [5.74, 6) is 1.25.